The van der Waals surface area contributed by atoms with Gasteiger partial charge in [-0.25, -0.2) is 0 Å². The number of benzene rings is 1. The summed E-state index contributed by atoms with van der Waals surface area (Å²) in [4.78, 5) is 13.4. The number of hydrogen-bond donors (Lipinski definition) is 0. The fourth-order valence-electron chi connectivity index (χ4n) is 2.36. The molecule has 0 amide bonds. The summed E-state index contributed by atoms with van der Waals surface area (Å²) in [6.45, 7) is 1.37. The van der Waals surface area contributed by atoms with Crippen molar-refractivity contribution in [3.63, 3.8) is 0 Å². The zero-order valence-corrected chi connectivity index (χ0v) is 11.8. The third kappa shape index (κ3) is 2.89. The van der Waals surface area contributed by atoms with Gasteiger partial charge >= 0.3 is 5.97 Å². The van der Waals surface area contributed by atoms with Crippen molar-refractivity contribution >= 4 is 11.7 Å². The van der Waals surface area contributed by atoms with Gasteiger partial charge in [0, 0.05) is 31.6 Å². The Kier molecular flexibility index (Phi) is 4.10. The molecule has 104 valence electrons. The molecule has 0 radical (unpaired) electrons. The lowest BCUT2D eigenvalue weighted by Gasteiger charge is -2.42. The molecule has 0 aromatic heterocycles. The first-order chi connectivity index (χ1) is 9.07. The van der Waals surface area contributed by atoms with Crippen LogP contribution in [0.2, 0.25) is 0 Å². The van der Waals surface area contributed by atoms with Crippen LogP contribution in [0.1, 0.15) is 18.4 Å². The Balaban J connectivity index is 2.10. The van der Waals surface area contributed by atoms with E-state index in [0.29, 0.717) is 19.6 Å². The topological polar surface area (TPSA) is 38.8 Å². The van der Waals surface area contributed by atoms with Crippen molar-refractivity contribution in [1.29, 1.82) is 0 Å². The SMILES string of the molecule is COC(=O)CCC1(c2ccc(N(C)C)cc2)COC1. The van der Waals surface area contributed by atoms with Crippen LogP contribution in [-0.2, 0) is 19.7 Å². The summed E-state index contributed by atoms with van der Waals surface area (Å²) in [5.74, 6) is -0.156. The Bertz CT molecular complexity index is 435. The van der Waals surface area contributed by atoms with Gasteiger partial charge in [-0.3, -0.25) is 4.79 Å². The molecule has 0 atom stereocenters. The van der Waals surface area contributed by atoms with Crippen LogP contribution in [0.3, 0.4) is 0 Å². The van der Waals surface area contributed by atoms with Gasteiger partial charge in [0.15, 0.2) is 0 Å². The molecule has 19 heavy (non-hydrogen) atoms. The molecule has 1 heterocycles. The van der Waals surface area contributed by atoms with Crippen molar-refractivity contribution in [2.45, 2.75) is 18.3 Å². The predicted octanol–water partition coefficient (Wildman–Crippen LogP) is 1.97. The average Bonchev–Trinajstić information content (AvgIpc) is 2.37. The van der Waals surface area contributed by atoms with Gasteiger partial charge in [-0.1, -0.05) is 12.1 Å². The minimum atomic E-state index is -0.156. The van der Waals surface area contributed by atoms with E-state index in [1.165, 1.54) is 18.4 Å². The van der Waals surface area contributed by atoms with E-state index in [0.717, 1.165) is 6.42 Å². The van der Waals surface area contributed by atoms with E-state index >= 15 is 0 Å². The zero-order valence-electron chi connectivity index (χ0n) is 11.8. The maximum absolute atomic E-state index is 11.3. The molecule has 0 N–H and O–H groups in total. The van der Waals surface area contributed by atoms with Crippen LogP contribution in [0, 0.1) is 0 Å². The van der Waals surface area contributed by atoms with E-state index in [1.807, 2.05) is 14.1 Å². The number of nitrogens with zero attached hydrogens (tertiary/aromatic N) is 1. The van der Waals surface area contributed by atoms with Crippen LogP contribution in [0.4, 0.5) is 5.69 Å². The van der Waals surface area contributed by atoms with Crippen LogP contribution in [-0.4, -0.2) is 40.4 Å². The van der Waals surface area contributed by atoms with Crippen LogP contribution in [0.25, 0.3) is 0 Å². The van der Waals surface area contributed by atoms with Gasteiger partial charge in [-0.15, -0.1) is 0 Å². The fraction of sp³-hybridized carbons (Fsp3) is 0.533. The second-order valence-corrected chi connectivity index (χ2v) is 5.29. The van der Waals surface area contributed by atoms with Gasteiger partial charge in [0.2, 0.25) is 0 Å². The Labute approximate surface area is 114 Å². The normalized spacial score (nSPS) is 16.6. The number of anilines is 1. The standard InChI is InChI=1S/C15H21NO3/c1-16(2)13-6-4-12(5-7-13)15(10-19-11-15)9-8-14(17)18-3/h4-7H,8-11H2,1-3H3. The molecule has 2 rings (SSSR count). The van der Waals surface area contributed by atoms with E-state index in [-0.39, 0.29) is 11.4 Å². The van der Waals surface area contributed by atoms with Gasteiger partial charge in [-0.2, -0.15) is 0 Å². The van der Waals surface area contributed by atoms with E-state index in [4.69, 9.17) is 9.47 Å². The number of ether oxygens (including phenoxy) is 2. The maximum atomic E-state index is 11.3. The monoisotopic (exact) mass is 263 g/mol. The highest BCUT2D eigenvalue weighted by atomic mass is 16.5. The van der Waals surface area contributed by atoms with Crippen LogP contribution in [0.15, 0.2) is 24.3 Å². The molecule has 1 fully saturated rings. The van der Waals surface area contributed by atoms with Gasteiger partial charge in [-0.05, 0) is 24.1 Å². The predicted molar refractivity (Wildman–Crippen MR) is 74.5 cm³/mol. The molecular formula is C15H21NO3. The van der Waals surface area contributed by atoms with Crippen molar-refractivity contribution in [2.24, 2.45) is 0 Å². The summed E-state index contributed by atoms with van der Waals surface area (Å²) in [5.41, 5.74) is 2.40. The number of methoxy groups -OCH3 is 1. The quantitative estimate of drug-likeness (QED) is 0.761. The van der Waals surface area contributed by atoms with Crippen molar-refractivity contribution in [1.82, 2.24) is 0 Å². The molecule has 0 unspecified atom stereocenters. The lowest BCUT2D eigenvalue weighted by Crippen LogP contribution is -2.47. The molecule has 0 bridgehead atoms. The largest absolute Gasteiger partial charge is 0.469 e. The molecule has 0 aliphatic carbocycles. The first kappa shape index (κ1) is 13.9. The third-order valence-corrected chi connectivity index (χ3v) is 3.79. The molecular weight excluding hydrogens is 242 g/mol. The minimum absolute atomic E-state index is 0.0148. The maximum Gasteiger partial charge on any atom is 0.305 e. The smallest absolute Gasteiger partial charge is 0.305 e. The second-order valence-electron chi connectivity index (χ2n) is 5.29. The van der Waals surface area contributed by atoms with Gasteiger partial charge in [0.05, 0.1) is 20.3 Å². The van der Waals surface area contributed by atoms with Crippen molar-refractivity contribution in [3.05, 3.63) is 29.8 Å². The molecule has 1 aromatic carbocycles. The molecule has 0 spiro atoms. The number of carbonyl (C=O) groups is 1. The van der Waals surface area contributed by atoms with Gasteiger partial charge < -0.3 is 14.4 Å². The van der Waals surface area contributed by atoms with Crippen molar-refractivity contribution in [2.75, 3.05) is 39.3 Å². The van der Waals surface area contributed by atoms with E-state index < -0.39 is 0 Å². The summed E-state index contributed by atoms with van der Waals surface area (Å²) in [7, 11) is 5.47. The first-order valence-corrected chi connectivity index (χ1v) is 6.50. The molecule has 1 aliphatic rings. The number of esters is 1. The molecule has 4 nitrogen and oxygen atoms in total. The van der Waals surface area contributed by atoms with Crippen LogP contribution >= 0.6 is 0 Å². The second kappa shape index (κ2) is 5.61. The van der Waals surface area contributed by atoms with Crippen molar-refractivity contribution < 1.29 is 14.3 Å². The third-order valence-electron chi connectivity index (χ3n) is 3.79. The van der Waals surface area contributed by atoms with Crippen molar-refractivity contribution in [3.8, 4) is 0 Å². The molecule has 0 saturated carbocycles. The summed E-state index contributed by atoms with van der Waals surface area (Å²) in [6, 6.07) is 8.48. The Morgan fingerprint density at radius 3 is 2.37 bits per heavy atom. The van der Waals surface area contributed by atoms with Gasteiger partial charge in [0.25, 0.3) is 0 Å². The zero-order chi connectivity index (χ0) is 13.9. The highest BCUT2D eigenvalue weighted by Gasteiger charge is 2.40. The lowest BCUT2D eigenvalue weighted by atomic mass is 9.75. The number of rotatable bonds is 5. The summed E-state index contributed by atoms with van der Waals surface area (Å²) < 4.78 is 10.1. The van der Waals surface area contributed by atoms with E-state index in [9.17, 15) is 4.79 Å². The fourth-order valence-corrected chi connectivity index (χ4v) is 2.36. The Morgan fingerprint density at radius 1 is 1.32 bits per heavy atom. The molecule has 1 aliphatic heterocycles. The molecule has 4 heteroatoms. The van der Waals surface area contributed by atoms with Crippen LogP contribution < -0.4 is 4.90 Å². The molecule has 1 saturated heterocycles. The minimum Gasteiger partial charge on any atom is -0.469 e. The average molecular weight is 263 g/mol. The van der Waals surface area contributed by atoms with E-state index in [1.54, 1.807) is 0 Å². The van der Waals surface area contributed by atoms with Gasteiger partial charge in [0.1, 0.15) is 0 Å². The summed E-state index contributed by atoms with van der Waals surface area (Å²) >= 11 is 0. The summed E-state index contributed by atoms with van der Waals surface area (Å²) in [5, 5.41) is 0. The Hall–Kier alpha value is -1.55. The lowest BCUT2D eigenvalue weighted by molar-refractivity contribution is -0.142. The number of hydrogen-bond acceptors (Lipinski definition) is 4. The summed E-state index contributed by atoms with van der Waals surface area (Å²) in [6.07, 6.45) is 1.22. The highest BCUT2D eigenvalue weighted by Crippen LogP contribution is 2.37. The number of carbonyl (C=O) groups excluding carboxylic acids is 1. The highest BCUT2D eigenvalue weighted by molar-refractivity contribution is 5.69. The Morgan fingerprint density at radius 2 is 1.95 bits per heavy atom. The first-order valence-electron chi connectivity index (χ1n) is 6.50. The van der Waals surface area contributed by atoms with E-state index in [2.05, 4.69) is 29.2 Å². The molecule has 1 aromatic rings. The van der Waals surface area contributed by atoms with Crippen LogP contribution in [0.5, 0.6) is 0 Å².